The molecule has 1 aromatic rings. The lowest BCUT2D eigenvalue weighted by atomic mass is 9.99. The van der Waals surface area contributed by atoms with E-state index in [2.05, 4.69) is 16.0 Å². The van der Waals surface area contributed by atoms with E-state index in [9.17, 15) is 29.4 Å². The van der Waals surface area contributed by atoms with Crippen molar-refractivity contribution in [2.75, 3.05) is 6.61 Å². The highest BCUT2D eigenvalue weighted by Gasteiger charge is 2.31. The first kappa shape index (κ1) is 29.9. The van der Waals surface area contributed by atoms with Crippen molar-refractivity contribution in [3.8, 4) is 5.75 Å². The number of aliphatic hydroxyl groups is 1. The first-order valence-corrected chi connectivity index (χ1v) is 11.6. The van der Waals surface area contributed by atoms with Crippen LogP contribution in [0.25, 0.3) is 0 Å². The van der Waals surface area contributed by atoms with Crippen molar-refractivity contribution in [1.29, 1.82) is 0 Å². The number of carbonyl (C=O) groups excluding carboxylic acids is 3. The minimum Gasteiger partial charge on any atom is -0.508 e. The number of aliphatic hydroxyl groups excluding tert-OH is 1. The zero-order valence-corrected chi connectivity index (χ0v) is 20.7. The van der Waals surface area contributed by atoms with Gasteiger partial charge in [0.25, 0.3) is 0 Å². The van der Waals surface area contributed by atoms with Gasteiger partial charge in [-0.2, -0.15) is 0 Å². The molecule has 8 N–H and O–H groups in total. The average molecular weight is 495 g/mol. The lowest BCUT2D eigenvalue weighted by Crippen LogP contribution is -2.58. The van der Waals surface area contributed by atoms with Crippen molar-refractivity contribution in [3.05, 3.63) is 29.8 Å². The Balaban J connectivity index is 2.93. The smallest absolute Gasteiger partial charge is 0.328 e. The van der Waals surface area contributed by atoms with Crippen molar-refractivity contribution >= 4 is 23.7 Å². The van der Waals surface area contributed by atoms with E-state index in [1.807, 2.05) is 27.7 Å². The molecule has 1 aromatic carbocycles. The van der Waals surface area contributed by atoms with Gasteiger partial charge in [-0.1, -0.05) is 39.8 Å². The van der Waals surface area contributed by atoms with Gasteiger partial charge in [-0.3, -0.25) is 14.4 Å². The average Bonchev–Trinajstić information content (AvgIpc) is 2.76. The molecule has 0 bridgehead atoms. The Morgan fingerprint density at radius 2 is 1.23 bits per heavy atom. The fourth-order valence-electron chi connectivity index (χ4n) is 3.39. The molecule has 11 nitrogen and oxygen atoms in total. The monoisotopic (exact) mass is 494 g/mol. The number of phenols is 1. The quantitative estimate of drug-likeness (QED) is 0.186. The third kappa shape index (κ3) is 10.7. The van der Waals surface area contributed by atoms with Crippen LogP contribution in [0.2, 0.25) is 0 Å². The summed E-state index contributed by atoms with van der Waals surface area (Å²) in [6, 6.07) is 1.79. The standard InChI is InChI=1S/C24H38N4O7/c1-13(2)9-18(26-21(31)17(25)11-15-5-7-16(30)8-6-15)22(32)27-19(10-14(3)4)23(33)28-20(12-29)24(34)35/h5-8,13-14,17-20,29-30H,9-12,25H2,1-4H3,(H,26,31)(H,27,32)(H,28,33)(H,34,35). The number of benzene rings is 1. The van der Waals surface area contributed by atoms with Crippen molar-refractivity contribution in [2.24, 2.45) is 17.6 Å². The first-order valence-electron chi connectivity index (χ1n) is 11.6. The van der Waals surface area contributed by atoms with Crippen LogP contribution in [0.15, 0.2) is 24.3 Å². The summed E-state index contributed by atoms with van der Waals surface area (Å²) in [6.07, 6.45) is 0.699. The molecule has 196 valence electrons. The third-order valence-corrected chi connectivity index (χ3v) is 5.21. The summed E-state index contributed by atoms with van der Waals surface area (Å²) >= 11 is 0. The number of rotatable bonds is 14. The van der Waals surface area contributed by atoms with Crippen molar-refractivity contribution in [2.45, 2.75) is 71.1 Å². The van der Waals surface area contributed by atoms with Crippen LogP contribution < -0.4 is 21.7 Å². The van der Waals surface area contributed by atoms with Crippen LogP contribution in [0.1, 0.15) is 46.1 Å². The number of phenolic OH excluding ortho intramolecular Hbond substituents is 1. The number of hydrogen-bond acceptors (Lipinski definition) is 7. The molecule has 0 aliphatic carbocycles. The number of carbonyl (C=O) groups is 4. The first-order chi connectivity index (χ1) is 16.3. The lowest BCUT2D eigenvalue weighted by Gasteiger charge is -2.26. The summed E-state index contributed by atoms with van der Waals surface area (Å²) in [6.45, 7) is 6.62. The number of amides is 3. The second-order valence-electron chi connectivity index (χ2n) is 9.44. The molecule has 4 atom stereocenters. The highest BCUT2D eigenvalue weighted by atomic mass is 16.4. The van der Waals surface area contributed by atoms with E-state index < -0.39 is 54.5 Å². The maximum Gasteiger partial charge on any atom is 0.328 e. The van der Waals surface area contributed by atoms with Gasteiger partial charge in [0, 0.05) is 0 Å². The Hall–Kier alpha value is -3.18. The predicted octanol–water partition coefficient (Wildman–Crippen LogP) is -0.114. The summed E-state index contributed by atoms with van der Waals surface area (Å²) in [5.74, 6) is -3.18. The maximum absolute atomic E-state index is 13.1. The molecular formula is C24H38N4O7. The van der Waals surface area contributed by atoms with E-state index in [0.717, 1.165) is 5.56 Å². The van der Waals surface area contributed by atoms with Crippen LogP contribution in [0, 0.1) is 11.8 Å². The molecule has 4 unspecified atom stereocenters. The number of aliphatic carboxylic acids is 1. The third-order valence-electron chi connectivity index (χ3n) is 5.21. The highest BCUT2D eigenvalue weighted by molar-refractivity contribution is 5.94. The molecule has 0 aliphatic heterocycles. The lowest BCUT2D eigenvalue weighted by molar-refractivity contribution is -0.143. The Bertz CT molecular complexity index is 858. The predicted molar refractivity (Wildman–Crippen MR) is 129 cm³/mol. The SMILES string of the molecule is CC(C)CC(NC(=O)C(N)Cc1ccc(O)cc1)C(=O)NC(CC(C)C)C(=O)NC(CO)C(=O)O. The highest BCUT2D eigenvalue weighted by Crippen LogP contribution is 2.12. The molecule has 0 radical (unpaired) electrons. The summed E-state index contributed by atoms with van der Waals surface area (Å²) in [5, 5.41) is 35.2. The molecule has 35 heavy (non-hydrogen) atoms. The number of nitrogens with one attached hydrogen (secondary N) is 3. The molecule has 0 saturated heterocycles. The molecule has 0 heterocycles. The van der Waals surface area contributed by atoms with Crippen LogP contribution in [-0.4, -0.2) is 69.8 Å². The number of nitrogens with two attached hydrogens (primary N) is 1. The van der Waals surface area contributed by atoms with Gasteiger partial charge in [0.15, 0.2) is 0 Å². The normalized spacial score (nSPS) is 14.6. The fourth-order valence-corrected chi connectivity index (χ4v) is 3.39. The molecule has 3 amide bonds. The zero-order valence-electron chi connectivity index (χ0n) is 20.7. The van der Waals surface area contributed by atoms with Gasteiger partial charge in [0.05, 0.1) is 12.6 Å². The van der Waals surface area contributed by atoms with E-state index in [1.165, 1.54) is 12.1 Å². The van der Waals surface area contributed by atoms with Crippen molar-refractivity contribution < 1.29 is 34.5 Å². The summed E-state index contributed by atoms with van der Waals surface area (Å²) in [4.78, 5) is 49.6. The van der Waals surface area contributed by atoms with Gasteiger partial charge in [-0.25, -0.2) is 4.79 Å². The van der Waals surface area contributed by atoms with E-state index >= 15 is 0 Å². The number of carboxylic acids is 1. The van der Waals surface area contributed by atoms with E-state index in [1.54, 1.807) is 12.1 Å². The largest absolute Gasteiger partial charge is 0.508 e. The summed E-state index contributed by atoms with van der Waals surface area (Å²) in [5.41, 5.74) is 6.77. The molecule has 0 aliphatic rings. The Morgan fingerprint density at radius 3 is 1.63 bits per heavy atom. The maximum atomic E-state index is 13.1. The second-order valence-corrected chi connectivity index (χ2v) is 9.44. The van der Waals surface area contributed by atoms with Crippen LogP contribution >= 0.6 is 0 Å². The van der Waals surface area contributed by atoms with Gasteiger partial charge in [-0.05, 0) is 48.8 Å². The zero-order chi connectivity index (χ0) is 26.7. The number of aromatic hydroxyl groups is 1. The Labute approximate surface area is 205 Å². The van der Waals surface area contributed by atoms with E-state index in [0.29, 0.717) is 0 Å². The molecule has 11 heteroatoms. The molecule has 0 spiro atoms. The van der Waals surface area contributed by atoms with E-state index in [-0.39, 0.29) is 36.8 Å². The topological polar surface area (TPSA) is 191 Å². The summed E-state index contributed by atoms with van der Waals surface area (Å²) in [7, 11) is 0. The van der Waals surface area contributed by atoms with Crippen LogP contribution in [0.3, 0.4) is 0 Å². The van der Waals surface area contributed by atoms with E-state index in [4.69, 9.17) is 10.8 Å². The summed E-state index contributed by atoms with van der Waals surface area (Å²) < 4.78 is 0. The Kier molecular flexibility index (Phi) is 12.2. The van der Waals surface area contributed by atoms with Crippen molar-refractivity contribution in [3.63, 3.8) is 0 Å². The van der Waals surface area contributed by atoms with Gasteiger partial charge in [0.1, 0.15) is 23.9 Å². The van der Waals surface area contributed by atoms with Crippen molar-refractivity contribution in [1.82, 2.24) is 16.0 Å². The van der Waals surface area contributed by atoms with Crippen LogP contribution in [0.4, 0.5) is 0 Å². The van der Waals surface area contributed by atoms with Gasteiger partial charge in [0.2, 0.25) is 17.7 Å². The number of hydrogen-bond donors (Lipinski definition) is 7. The molecule has 0 aromatic heterocycles. The molecule has 0 fully saturated rings. The van der Waals surface area contributed by atoms with Crippen LogP contribution in [-0.2, 0) is 25.6 Å². The Morgan fingerprint density at radius 1 is 0.800 bits per heavy atom. The molecular weight excluding hydrogens is 456 g/mol. The fraction of sp³-hybridized carbons (Fsp3) is 0.583. The molecule has 1 rings (SSSR count). The van der Waals surface area contributed by atoms with Gasteiger partial charge < -0.3 is 37.0 Å². The minimum atomic E-state index is -1.50. The number of carboxylic acid groups (broad SMARTS) is 1. The molecule has 0 saturated carbocycles. The van der Waals surface area contributed by atoms with Gasteiger partial charge >= 0.3 is 5.97 Å². The second kappa shape index (κ2) is 14.3. The minimum absolute atomic E-state index is 0.0136. The van der Waals surface area contributed by atoms with Gasteiger partial charge in [-0.15, -0.1) is 0 Å². The van der Waals surface area contributed by atoms with Crippen LogP contribution in [0.5, 0.6) is 5.75 Å².